The fourth-order valence-electron chi connectivity index (χ4n) is 4.68. The van der Waals surface area contributed by atoms with Crippen LogP contribution in [0.15, 0.2) is 17.2 Å². The van der Waals surface area contributed by atoms with Crippen LogP contribution in [0.1, 0.15) is 79.7 Å². The van der Waals surface area contributed by atoms with Gasteiger partial charge in [0.1, 0.15) is 5.69 Å². The molecule has 1 aliphatic carbocycles. The van der Waals surface area contributed by atoms with Crippen LogP contribution in [0.3, 0.4) is 0 Å². The van der Waals surface area contributed by atoms with Crippen LogP contribution in [0, 0.1) is 5.92 Å². The summed E-state index contributed by atoms with van der Waals surface area (Å²) in [5.74, 6) is 0.926. The summed E-state index contributed by atoms with van der Waals surface area (Å²) in [6.07, 6.45) is 10.3. The minimum absolute atomic E-state index is 0.0590. The van der Waals surface area contributed by atoms with Crippen LogP contribution in [0.2, 0.25) is 0 Å². The Morgan fingerprint density at radius 3 is 2.77 bits per heavy atom. The van der Waals surface area contributed by atoms with E-state index in [1.54, 1.807) is 16.4 Å². The summed E-state index contributed by atoms with van der Waals surface area (Å²) in [5.41, 5.74) is 1.82. The molecule has 1 aromatic heterocycles. The van der Waals surface area contributed by atoms with Gasteiger partial charge in [0.2, 0.25) is 0 Å². The molecule has 8 heteroatoms. The van der Waals surface area contributed by atoms with Crippen molar-refractivity contribution in [2.45, 2.75) is 64.2 Å². The molecule has 4 rings (SSSR count). The highest BCUT2D eigenvalue weighted by molar-refractivity contribution is 7.09. The molecule has 1 unspecified atom stereocenters. The maximum atomic E-state index is 13.2. The Hall–Kier alpha value is -1.93. The van der Waals surface area contributed by atoms with Crippen molar-refractivity contribution < 1.29 is 14.4 Å². The van der Waals surface area contributed by atoms with Crippen LogP contribution < -0.4 is 5.32 Å². The molecule has 3 heterocycles. The Morgan fingerprint density at radius 1 is 1.17 bits per heavy atom. The summed E-state index contributed by atoms with van der Waals surface area (Å²) >= 11 is 1.59. The third-order valence-electron chi connectivity index (χ3n) is 6.30. The van der Waals surface area contributed by atoms with E-state index in [9.17, 15) is 9.59 Å². The second kappa shape index (κ2) is 9.92. The molecule has 7 nitrogen and oxygen atoms in total. The summed E-state index contributed by atoms with van der Waals surface area (Å²) in [6.45, 7) is 4.82. The number of piperidine rings is 2. The highest BCUT2D eigenvalue weighted by Crippen LogP contribution is 2.36. The van der Waals surface area contributed by atoms with Gasteiger partial charge >= 0.3 is 6.09 Å². The van der Waals surface area contributed by atoms with Crippen LogP contribution >= 0.6 is 11.3 Å². The van der Waals surface area contributed by atoms with Crippen molar-refractivity contribution in [3.8, 4) is 0 Å². The number of nitrogens with zero attached hydrogens (tertiary/aromatic N) is 3. The molecule has 0 radical (unpaired) electrons. The molecule has 1 atom stereocenters. The van der Waals surface area contributed by atoms with E-state index in [0.717, 1.165) is 43.7 Å². The number of fused-ring (bicyclic) bond motifs is 1. The van der Waals surface area contributed by atoms with Gasteiger partial charge in [-0.3, -0.25) is 4.79 Å². The van der Waals surface area contributed by atoms with Crippen molar-refractivity contribution in [3.63, 3.8) is 0 Å². The molecule has 2 aliphatic heterocycles. The quantitative estimate of drug-likeness (QED) is 0.751. The van der Waals surface area contributed by atoms with Crippen molar-refractivity contribution in [3.05, 3.63) is 27.9 Å². The first kappa shape index (κ1) is 21.3. The maximum Gasteiger partial charge on any atom is 0.426 e. The lowest BCUT2D eigenvalue weighted by Gasteiger charge is -2.37. The van der Waals surface area contributed by atoms with Gasteiger partial charge in [-0.25, -0.2) is 9.78 Å². The number of thiazole rings is 1. The Bertz CT molecular complexity index is 785. The van der Waals surface area contributed by atoms with Crippen LogP contribution in [-0.4, -0.2) is 53.1 Å². The number of aromatic nitrogens is 1. The normalized spacial score (nSPS) is 22.9. The molecule has 30 heavy (non-hydrogen) atoms. The largest absolute Gasteiger partial charge is 0.426 e. The molecule has 2 fully saturated rings. The van der Waals surface area contributed by atoms with E-state index in [4.69, 9.17) is 9.82 Å². The van der Waals surface area contributed by atoms with E-state index in [1.165, 1.54) is 25.0 Å². The van der Waals surface area contributed by atoms with E-state index in [2.05, 4.69) is 11.4 Å². The number of rotatable bonds is 5. The van der Waals surface area contributed by atoms with Crippen LogP contribution in [0.4, 0.5) is 4.79 Å². The topological polar surface area (TPSA) is 74.8 Å². The van der Waals surface area contributed by atoms with Gasteiger partial charge < -0.3 is 15.1 Å². The standard InChI is InChI=1S/C22H32N4O3S/c1-2-11-23-22(28)29-25-13-9-17(10-14-25)20-24-18(15-30-20)21(27)26-12-5-7-16-6-3-4-8-19(16)26/h8,15-17H,2-7,9-14H2,1H3,(H,23,28). The lowest BCUT2D eigenvalue weighted by molar-refractivity contribution is -0.113. The van der Waals surface area contributed by atoms with Crippen molar-refractivity contribution in [2.75, 3.05) is 26.2 Å². The van der Waals surface area contributed by atoms with Crippen LogP contribution in [0.5, 0.6) is 0 Å². The molecule has 3 aliphatic rings. The second-order valence-corrected chi connectivity index (χ2v) is 9.33. The van der Waals surface area contributed by atoms with Gasteiger partial charge in [0.05, 0.1) is 5.01 Å². The number of carbonyl (C=O) groups excluding carboxylic acids is 2. The highest BCUT2D eigenvalue weighted by atomic mass is 32.1. The van der Waals surface area contributed by atoms with E-state index in [1.807, 2.05) is 17.2 Å². The summed E-state index contributed by atoms with van der Waals surface area (Å²) in [7, 11) is 0. The Balaban J connectivity index is 1.33. The zero-order valence-corrected chi connectivity index (χ0v) is 18.6. The lowest BCUT2D eigenvalue weighted by atomic mass is 9.85. The van der Waals surface area contributed by atoms with Gasteiger partial charge in [0, 0.05) is 43.2 Å². The summed E-state index contributed by atoms with van der Waals surface area (Å²) in [5, 5.41) is 7.41. The highest BCUT2D eigenvalue weighted by Gasteiger charge is 2.32. The first-order chi connectivity index (χ1) is 14.7. The fourth-order valence-corrected chi connectivity index (χ4v) is 5.64. The Kier molecular flexibility index (Phi) is 7.04. The van der Waals surface area contributed by atoms with Crippen molar-refractivity contribution in [1.29, 1.82) is 0 Å². The number of amides is 2. The summed E-state index contributed by atoms with van der Waals surface area (Å²) in [4.78, 5) is 37.0. The Labute approximate surface area is 182 Å². The van der Waals surface area contributed by atoms with Gasteiger partial charge in [0.15, 0.2) is 0 Å². The minimum atomic E-state index is -0.380. The third kappa shape index (κ3) is 4.86. The average molecular weight is 433 g/mol. The fraction of sp³-hybridized carbons (Fsp3) is 0.682. The number of allylic oxidation sites excluding steroid dienone is 2. The van der Waals surface area contributed by atoms with Crippen molar-refractivity contribution in [2.24, 2.45) is 5.92 Å². The molecular formula is C22H32N4O3S. The average Bonchev–Trinajstić information content (AvgIpc) is 3.27. The van der Waals surface area contributed by atoms with Gasteiger partial charge in [-0.2, -0.15) is 0 Å². The molecule has 0 saturated carbocycles. The monoisotopic (exact) mass is 432 g/mol. The lowest BCUT2D eigenvalue weighted by Crippen LogP contribution is -2.39. The summed E-state index contributed by atoms with van der Waals surface area (Å²) < 4.78 is 0. The zero-order valence-electron chi connectivity index (χ0n) is 17.8. The molecule has 2 saturated heterocycles. The first-order valence-electron chi connectivity index (χ1n) is 11.3. The smallest absolute Gasteiger partial charge is 0.351 e. The predicted octanol–water partition coefficient (Wildman–Crippen LogP) is 4.29. The van der Waals surface area contributed by atoms with E-state index >= 15 is 0 Å². The van der Waals surface area contributed by atoms with Gasteiger partial charge in [-0.05, 0) is 57.3 Å². The molecule has 0 spiro atoms. The van der Waals surface area contributed by atoms with Gasteiger partial charge in [0.25, 0.3) is 5.91 Å². The number of hydrogen-bond donors (Lipinski definition) is 1. The molecule has 164 valence electrons. The molecule has 1 N–H and O–H groups in total. The van der Waals surface area contributed by atoms with E-state index < -0.39 is 0 Å². The number of hydroxylamine groups is 2. The number of hydrogen-bond acceptors (Lipinski definition) is 6. The predicted molar refractivity (Wildman–Crippen MR) is 116 cm³/mol. The summed E-state index contributed by atoms with van der Waals surface area (Å²) in [6, 6.07) is 0. The number of likely N-dealkylation sites (tertiary alicyclic amines) is 1. The molecule has 2 amide bonds. The van der Waals surface area contributed by atoms with Gasteiger partial charge in [-0.1, -0.05) is 13.0 Å². The SMILES string of the molecule is CCCNC(=O)ON1CCC(c2nc(C(=O)N3CCCC4CCCC=C43)cs2)CC1. The third-order valence-corrected chi connectivity index (χ3v) is 7.30. The molecular weight excluding hydrogens is 400 g/mol. The van der Waals surface area contributed by atoms with Crippen molar-refractivity contribution >= 4 is 23.3 Å². The molecule has 0 aromatic carbocycles. The van der Waals surface area contributed by atoms with Crippen LogP contribution in [-0.2, 0) is 4.84 Å². The zero-order chi connectivity index (χ0) is 20.9. The number of nitrogens with one attached hydrogen (secondary N) is 1. The number of carbonyl (C=O) groups is 2. The second-order valence-electron chi connectivity index (χ2n) is 8.44. The van der Waals surface area contributed by atoms with Crippen molar-refractivity contribution in [1.82, 2.24) is 20.3 Å². The minimum Gasteiger partial charge on any atom is -0.351 e. The van der Waals surface area contributed by atoms with E-state index in [0.29, 0.717) is 37.2 Å². The maximum absolute atomic E-state index is 13.2. The molecule has 1 aromatic rings. The van der Waals surface area contributed by atoms with Crippen LogP contribution in [0.25, 0.3) is 0 Å². The van der Waals surface area contributed by atoms with Gasteiger partial charge in [-0.15, -0.1) is 16.4 Å². The Morgan fingerprint density at radius 2 is 1.97 bits per heavy atom. The molecule has 0 bridgehead atoms. The first-order valence-corrected chi connectivity index (χ1v) is 12.2. The van der Waals surface area contributed by atoms with E-state index in [-0.39, 0.29) is 12.0 Å².